The van der Waals surface area contributed by atoms with E-state index in [2.05, 4.69) is 11.0 Å². The van der Waals surface area contributed by atoms with Gasteiger partial charge in [0.05, 0.1) is 0 Å². The number of rotatable bonds is 4. The normalized spacial score (nSPS) is 15.2. The SMILES string of the molecule is O=S(=O)(O)SCCN1CCc2ccccc21. The molecule has 1 aliphatic heterocycles. The average Bonchev–Trinajstić information content (AvgIpc) is 2.60. The summed E-state index contributed by atoms with van der Waals surface area (Å²) in [7, 11) is -3.32. The lowest BCUT2D eigenvalue weighted by atomic mass is 10.2. The molecule has 0 unspecified atom stereocenters. The van der Waals surface area contributed by atoms with Crippen molar-refractivity contribution >= 4 is 25.6 Å². The second-order valence-electron chi connectivity index (χ2n) is 3.62. The molecule has 1 aromatic rings. The molecule has 0 amide bonds. The average molecular weight is 259 g/mol. The summed E-state index contributed by atoms with van der Waals surface area (Å²) in [5.74, 6) is 0.382. The molecule has 1 aromatic carbocycles. The van der Waals surface area contributed by atoms with Crippen LogP contribution in [-0.4, -0.2) is 31.8 Å². The first kappa shape index (κ1) is 11.8. The van der Waals surface area contributed by atoms with Crippen molar-refractivity contribution in [3.8, 4) is 0 Å². The summed E-state index contributed by atoms with van der Waals surface area (Å²) >= 11 is 0. The molecular formula is C10H13NO3S2. The Labute approximate surface area is 98.8 Å². The molecule has 0 saturated heterocycles. The molecule has 6 heteroatoms. The van der Waals surface area contributed by atoms with Crippen molar-refractivity contribution in [2.24, 2.45) is 0 Å². The van der Waals surface area contributed by atoms with Crippen LogP contribution in [0.4, 0.5) is 5.69 Å². The molecule has 0 atom stereocenters. The Balaban J connectivity index is 1.94. The molecule has 0 fully saturated rings. The summed E-state index contributed by atoms with van der Waals surface area (Å²) in [4.78, 5) is 2.15. The Morgan fingerprint density at radius 2 is 2.12 bits per heavy atom. The van der Waals surface area contributed by atoms with Gasteiger partial charge < -0.3 is 4.90 Å². The monoisotopic (exact) mass is 259 g/mol. The van der Waals surface area contributed by atoms with E-state index < -0.39 is 9.15 Å². The Bertz CT molecular complexity index is 473. The Morgan fingerprint density at radius 1 is 1.38 bits per heavy atom. The minimum atomic E-state index is -3.90. The standard InChI is InChI=1S/C10H13NO3S2/c12-16(13,14)15-8-7-11-6-5-9-3-1-2-4-10(9)11/h1-4H,5-8H2,(H,12,13,14). The third kappa shape index (κ3) is 2.90. The maximum atomic E-state index is 10.6. The lowest BCUT2D eigenvalue weighted by molar-refractivity contribution is 0.503. The summed E-state index contributed by atoms with van der Waals surface area (Å²) in [5.41, 5.74) is 2.48. The first-order chi connectivity index (χ1) is 7.56. The Kier molecular flexibility index (Phi) is 3.41. The third-order valence-corrected chi connectivity index (χ3v) is 4.62. The van der Waals surface area contributed by atoms with E-state index in [4.69, 9.17) is 4.55 Å². The number of hydrogen-bond acceptors (Lipinski definition) is 4. The van der Waals surface area contributed by atoms with Crippen LogP contribution in [-0.2, 0) is 15.6 Å². The number of benzene rings is 1. The fourth-order valence-electron chi connectivity index (χ4n) is 1.89. The van der Waals surface area contributed by atoms with Crippen LogP contribution in [0.15, 0.2) is 24.3 Å². The molecule has 1 heterocycles. The van der Waals surface area contributed by atoms with Gasteiger partial charge in [-0.25, -0.2) is 0 Å². The van der Waals surface area contributed by atoms with E-state index in [1.54, 1.807) is 0 Å². The van der Waals surface area contributed by atoms with Crippen LogP contribution in [0.5, 0.6) is 0 Å². The molecule has 0 aliphatic carbocycles. The van der Waals surface area contributed by atoms with Crippen LogP contribution in [0, 0.1) is 0 Å². The highest BCUT2D eigenvalue weighted by Gasteiger charge is 2.18. The fraction of sp³-hybridized carbons (Fsp3) is 0.400. The highest BCUT2D eigenvalue weighted by Crippen LogP contribution is 2.27. The molecule has 2 rings (SSSR count). The van der Waals surface area contributed by atoms with E-state index in [0.717, 1.165) is 13.0 Å². The van der Waals surface area contributed by atoms with Crippen molar-refractivity contribution in [2.75, 3.05) is 23.7 Å². The number of para-hydroxylation sites is 1. The molecular weight excluding hydrogens is 246 g/mol. The van der Waals surface area contributed by atoms with Gasteiger partial charge in [0.2, 0.25) is 0 Å². The minimum absolute atomic E-state index is 0.382. The fourth-order valence-corrected chi connectivity index (χ4v) is 3.25. The Morgan fingerprint density at radius 3 is 2.88 bits per heavy atom. The van der Waals surface area contributed by atoms with Crippen molar-refractivity contribution < 1.29 is 13.0 Å². The largest absolute Gasteiger partial charge is 0.370 e. The first-order valence-electron chi connectivity index (χ1n) is 5.01. The van der Waals surface area contributed by atoms with Gasteiger partial charge >= 0.3 is 9.15 Å². The van der Waals surface area contributed by atoms with E-state index in [0.29, 0.717) is 23.1 Å². The van der Waals surface area contributed by atoms with Crippen LogP contribution >= 0.6 is 10.8 Å². The molecule has 0 bridgehead atoms. The van der Waals surface area contributed by atoms with Crippen molar-refractivity contribution in [3.63, 3.8) is 0 Å². The quantitative estimate of drug-likeness (QED) is 0.657. The molecule has 0 saturated carbocycles. The lowest BCUT2D eigenvalue weighted by Gasteiger charge is -2.18. The summed E-state index contributed by atoms with van der Waals surface area (Å²) < 4.78 is 29.7. The van der Waals surface area contributed by atoms with Gasteiger partial charge in [0, 0.05) is 24.5 Å². The van der Waals surface area contributed by atoms with Crippen LogP contribution < -0.4 is 4.90 Å². The molecule has 0 radical (unpaired) electrons. The number of fused-ring (bicyclic) bond motifs is 1. The van der Waals surface area contributed by atoms with Crippen molar-refractivity contribution in [2.45, 2.75) is 6.42 Å². The van der Waals surface area contributed by atoms with E-state index in [1.165, 1.54) is 11.3 Å². The number of anilines is 1. The van der Waals surface area contributed by atoms with Gasteiger partial charge in [-0.15, -0.1) is 0 Å². The number of hydrogen-bond donors (Lipinski definition) is 1. The van der Waals surface area contributed by atoms with E-state index in [1.807, 2.05) is 18.2 Å². The van der Waals surface area contributed by atoms with Crippen LogP contribution in [0.1, 0.15) is 5.56 Å². The van der Waals surface area contributed by atoms with Crippen molar-refractivity contribution in [3.05, 3.63) is 29.8 Å². The zero-order chi connectivity index (χ0) is 11.6. The molecule has 16 heavy (non-hydrogen) atoms. The molecule has 0 aromatic heterocycles. The molecule has 1 N–H and O–H groups in total. The molecule has 88 valence electrons. The summed E-state index contributed by atoms with van der Waals surface area (Å²) in [6.07, 6.45) is 1.01. The summed E-state index contributed by atoms with van der Waals surface area (Å²) in [6.45, 7) is 1.56. The Hall–Kier alpha value is -0.720. The van der Waals surface area contributed by atoms with Gasteiger partial charge in [-0.3, -0.25) is 4.55 Å². The lowest BCUT2D eigenvalue weighted by Crippen LogP contribution is -2.23. The number of nitrogens with zero attached hydrogens (tertiary/aromatic N) is 1. The van der Waals surface area contributed by atoms with E-state index in [-0.39, 0.29) is 0 Å². The maximum Gasteiger partial charge on any atom is 0.319 e. The highest BCUT2D eigenvalue weighted by atomic mass is 33.1. The van der Waals surface area contributed by atoms with Gasteiger partial charge in [-0.05, 0) is 28.8 Å². The second-order valence-corrected chi connectivity index (χ2v) is 7.09. The van der Waals surface area contributed by atoms with Crippen LogP contribution in [0.25, 0.3) is 0 Å². The van der Waals surface area contributed by atoms with Crippen LogP contribution in [0.3, 0.4) is 0 Å². The van der Waals surface area contributed by atoms with Crippen molar-refractivity contribution in [1.29, 1.82) is 0 Å². The van der Waals surface area contributed by atoms with E-state index in [9.17, 15) is 8.42 Å². The maximum absolute atomic E-state index is 10.6. The minimum Gasteiger partial charge on any atom is -0.370 e. The van der Waals surface area contributed by atoms with Gasteiger partial charge in [0.15, 0.2) is 0 Å². The van der Waals surface area contributed by atoms with Crippen LogP contribution in [0.2, 0.25) is 0 Å². The van der Waals surface area contributed by atoms with E-state index >= 15 is 0 Å². The topological polar surface area (TPSA) is 57.6 Å². The smallest absolute Gasteiger partial charge is 0.319 e. The third-order valence-electron chi connectivity index (χ3n) is 2.58. The zero-order valence-electron chi connectivity index (χ0n) is 8.67. The highest BCUT2D eigenvalue weighted by molar-refractivity contribution is 8.69. The van der Waals surface area contributed by atoms with Gasteiger partial charge in [0.1, 0.15) is 0 Å². The zero-order valence-corrected chi connectivity index (χ0v) is 10.3. The molecule has 0 spiro atoms. The molecule has 1 aliphatic rings. The second kappa shape index (κ2) is 4.65. The first-order valence-corrected chi connectivity index (χ1v) is 7.95. The van der Waals surface area contributed by atoms with Gasteiger partial charge in [-0.2, -0.15) is 8.42 Å². The van der Waals surface area contributed by atoms with Crippen molar-refractivity contribution in [1.82, 2.24) is 0 Å². The van der Waals surface area contributed by atoms with Gasteiger partial charge in [0.25, 0.3) is 0 Å². The predicted octanol–water partition coefficient (Wildman–Crippen LogP) is 1.59. The predicted molar refractivity (Wildman–Crippen MR) is 66.4 cm³/mol. The van der Waals surface area contributed by atoms with Gasteiger partial charge in [-0.1, -0.05) is 18.2 Å². The summed E-state index contributed by atoms with van der Waals surface area (Å²) in [5, 5.41) is 0. The molecule has 4 nitrogen and oxygen atoms in total. The summed E-state index contributed by atoms with van der Waals surface area (Å²) in [6, 6.07) is 8.12.